The molecule has 1 unspecified atom stereocenters. The van der Waals surface area contributed by atoms with Crippen LogP contribution >= 0.6 is 0 Å². The molecule has 2 aliphatic heterocycles. The Morgan fingerprint density at radius 1 is 0.946 bits per heavy atom. The molecule has 3 aromatic rings. The lowest BCUT2D eigenvalue weighted by molar-refractivity contribution is -0.130. The number of nitrogens with one attached hydrogen (secondary N) is 1. The molecule has 184 valence electrons. The summed E-state index contributed by atoms with van der Waals surface area (Å²) >= 11 is 0. The van der Waals surface area contributed by atoms with Gasteiger partial charge in [0.05, 0.1) is 5.41 Å². The van der Waals surface area contributed by atoms with Gasteiger partial charge < -0.3 is 5.32 Å². The minimum Gasteiger partial charge on any atom is -0.310 e. The first-order valence-electron chi connectivity index (χ1n) is 13.1. The number of carbonyl (C=O) groups is 2. The number of anilines is 1. The van der Waals surface area contributed by atoms with Crippen molar-refractivity contribution < 1.29 is 9.59 Å². The molecule has 6 heteroatoms. The number of nitrogens with zero attached hydrogens (tertiary/aromatic N) is 3. The summed E-state index contributed by atoms with van der Waals surface area (Å²) in [6.07, 6.45) is 11.0. The highest BCUT2D eigenvalue weighted by molar-refractivity contribution is 6.15. The fourth-order valence-corrected chi connectivity index (χ4v) is 6.61. The molecule has 1 N–H and O–H groups in total. The van der Waals surface area contributed by atoms with Gasteiger partial charge in [0.1, 0.15) is 17.2 Å². The Morgan fingerprint density at radius 2 is 1.76 bits per heavy atom. The van der Waals surface area contributed by atoms with E-state index in [0.29, 0.717) is 25.2 Å². The number of amidine groups is 1. The predicted octanol–water partition coefficient (Wildman–Crippen LogP) is 4.69. The van der Waals surface area contributed by atoms with Crippen molar-refractivity contribution in [3.8, 4) is 0 Å². The van der Waals surface area contributed by atoms with E-state index in [1.54, 1.807) is 6.20 Å². The van der Waals surface area contributed by atoms with Crippen LogP contribution in [0, 0.1) is 0 Å². The standard InChI is InChI=1S/C31H28N4O2/c36-28-30(25-11-6-16-32-26(25)33-28)19-23-13-12-21(18-24(23)20-30)8-7-17-35-27(22-9-2-1-3-10-22)34-31(29(35)37)14-4-5-15-31/h1-3,6-13,16,18H,4-5,14-15,17,19-20H2,(H,32,33,36)/b8-7+. The minimum atomic E-state index is -0.575. The molecule has 0 radical (unpaired) electrons. The van der Waals surface area contributed by atoms with Crippen molar-refractivity contribution in [3.05, 3.63) is 101 Å². The summed E-state index contributed by atoms with van der Waals surface area (Å²) in [4.78, 5) is 37.7. The molecular formula is C31H28N4O2. The molecule has 1 saturated carbocycles. The van der Waals surface area contributed by atoms with Gasteiger partial charge in [0.15, 0.2) is 0 Å². The van der Waals surface area contributed by atoms with E-state index in [1.165, 1.54) is 11.1 Å². The van der Waals surface area contributed by atoms with Crippen LogP contribution in [0.5, 0.6) is 0 Å². The molecule has 0 saturated heterocycles. The lowest BCUT2D eigenvalue weighted by atomic mass is 9.79. The summed E-state index contributed by atoms with van der Waals surface area (Å²) in [7, 11) is 0. The normalized spacial score (nSPS) is 23.2. The lowest BCUT2D eigenvalue weighted by Crippen LogP contribution is -2.41. The van der Waals surface area contributed by atoms with Gasteiger partial charge in [-0.1, -0.05) is 79.6 Å². The summed E-state index contributed by atoms with van der Waals surface area (Å²) in [6.45, 7) is 0.483. The Hall–Kier alpha value is -4.06. The van der Waals surface area contributed by atoms with Gasteiger partial charge >= 0.3 is 0 Å². The molecule has 2 amide bonds. The number of rotatable bonds is 4. The number of carbonyl (C=O) groups excluding carboxylic acids is 2. The van der Waals surface area contributed by atoms with Gasteiger partial charge in [-0.3, -0.25) is 19.5 Å². The Balaban J connectivity index is 1.13. The van der Waals surface area contributed by atoms with Crippen molar-refractivity contribution in [3.63, 3.8) is 0 Å². The molecule has 6 nitrogen and oxygen atoms in total. The van der Waals surface area contributed by atoms with E-state index in [2.05, 4.69) is 40.7 Å². The molecule has 1 fully saturated rings. The van der Waals surface area contributed by atoms with Gasteiger partial charge in [-0.25, -0.2) is 4.98 Å². The molecule has 1 atom stereocenters. The Labute approximate surface area is 216 Å². The molecule has 0 bridgehead atoms. The summed E-state index contributed by atoms with van der Waals surface area (Å²) < 4.78 is 0. The second-order valence-corrected chi connectivity index (χ2v) is 10.7. The third-order valence-electron chi connectivity index (χ3n) is 8.48. The Bertz CT molecular complexity index is 1490. The largest absolute Gasteiger partial charge is 0.310 e. The number of hydrogen-bond acceptors (Lipinski definition) is 4. The first-order chi connectivity index (χ1) is 18.1. The topological polar surface area (TPSA) is 74.7 Å². The zero-order valence-corrected chi connectivity index (χ0v) is 20.6. The van der Waals surface area contributed by atoms with Gasteiger partial charge in [0.2, 0.25) is 5.91 Å². The van der Waals surface area contributed by atoms with Crippen LogP contribution < -0.4 is 5.32 Å². The van der Waals surface area contributed by atoms with Gasteiger partial charge in [0, 0.05) is 23.9 Å². The summed E-state index contributed by atoms with van der Waals surface area (Å²) in [5, 5.41) is 2.97. The number of benzene rings is 2. The van der Waals surface area contributed by atoms with E-state index in [4.69, 9.17) is 4.99 Å². The number of aliphatic imine (C=N–C) groups is 1. The molecule has 7 rings (SSSR count). The highest BCUT2D eigenvalue weighted by Gasteiger charge is 2.51. The van der Waals surface area contributed by atoms with Crippen LogP contribution in [0.1, 0.15) is 53.5 Å². The van der Waals surface area contributed by atoms with Gasteiger partial charge in [-0.05, 0) is 48.4 Å². The van der Waals surface area contributed by atoms with Crippen LogP contribution in [0.25, 0.3) is 6.08 Å². The van der Waals surface area contributed by atoms with Gasteiger partial charge in [0.25, 0.3) is 5.91 Å². The molecule has 4 aliphatic rings. The van der Waals surface area contributed by atoms with Crippen molar-refractivity contribution in [1.29, 1.82) is 0 Å². The smallest absolute Gasteiger partial charge is 0.256 e. The number of hydrogen-bond donors (Lipinski definition) is 1. The second-order valence-electron chi connectivity index (χ2n) is 10.7. The van der Waals surface area contributed by atoms with Crippen molar-refractivity contribution in [2.75, 3.05) is 11.9 Å². The van der Waals surface area contributed by atoms with Crippen molar-refractivity contribution in [1.82, 2.24) is 9.88 Å². The predicted molar refractivity (Wildman–Crippen MR) is 143 cm³/mol. The molecule has 2 aliphatic carbocycles. The third-order valence-corrected chi connectivity index (χ3v) is 8.48. The Kier molecular flexibility index (Phi) is 4.93. The number of aromatic nitrogens is 1. The van der Waals surface area contributed by atoms with Crippen molar-refractivity contribution >= 4 is 29.5 Å². The first kappa shape index (κ1) is 22.2. The fraction of sp³-hybridized carbons (Fsp3) is 0.290. The van der Waals surface area contributed by atoms with Gasteiger partial charge in [-0.2, -0.15) is 0 Å². The average Bonchev–Trinajstić information content (AvgIpc) is 3.67. The lowest BCUT2D eigenvalue weighted by Gasteiger charge is -2.21. The van der Waals surface area contributed by atoms with Crippen molar-refractivity contribution in [2.24, 2.45) is 4.99 Å². The zero-order valence-electron chi connectivity index (χ0n) is 20.6. The first-order valence-corrected chi connectivity index (χ1v) is 13.1. The van der Waals surface area contributed by atoms with Crippen LogP contribution in [-0.4, -0.2) is 39.6 Å². The number of amides is 2. The highest BCUT2D eigenvalue weighted by atomic mass is 16.2. The van der Waals surface area contributed by atoms with E-state index < -0.39 is 11.0 Å². The van der Waals surface area contributed by atoms with Gasteiger partial charge in [-0.15, -0.1) is 0 Å². The van der Waals surface area contributed by atoms with Crippen LogP contribution in [0.2, 0.25) is 0 Å². The summed E-state index contributed by atoms with van der Waals surface area (Å²) in [5.41, 5.74) is 4.32. The van der Waals surface area contributed by atoms with E-state index in [0.717, 1.165) is 48.2 Å². The van der Waals surface area contributed by atoms with E-state index in [1.807, 2.05) is 47.4 Å². The summed E-state index contributed by atoms with van der Waals surface area (Å²) in [5.74, 6) is 1.64. The van der Waals surface area contributed by atoms with Crippen molar-refractivity contribution in [2.45, 2.75) is 49.5 Å². The third kappa shape index (κ3) is 3.39. The molecule has 2 spiro atoms. The highest BCUT2D eigenvalue weighted by Crippen LogP contribution is 2.46. The molecule has 37 heavy (non-hydrogen) atoms. The van der Waals surface area contributed by atoms with E-state index in [-0.39, 0.29) is 11.8 Å². The molecule has 3 heterocycles. The van der Waals surface area contributed by atoms with Crippen LogP contribution in [0.4, 0.5) is 5.82 Å². The minimum absolute atomic E-state index is 0.0376. The van der Waals surface area contributed by atoms with E-state index >= 15 is 0 Å². The number of fused-ring (bicyclic) bond motifs is 3. The van der Waals surface area contributed by atoms with Crippen LogP contribution in [-0.2, 0) is 27.8 Å². The fourth-order valence-electron chi connectivity index (χ4n) is 6.61. The molecule has 1 aromatic heterocycles. The maximum atomic E-state index is 13.5. The monoisotopic (exact) mass is 488 g/mol. The molecule has 2 aromatic carbocycles. The quantitative estimate of drug-likeness (QED) is 0.579. The summed E-state index contributed by atoms with van der Waals surface area (Å²) in [6, 6.07) is 20.4. The number of pyridine rings is 1. The Morgan fingerprint density at radius 3 is 2.59 bits per heavy atom. The second kappa shape index (κ2) is 8.23. The maximum Gasteiger partial charge on any atom is 0.256 e. The zero-order chi connectivity index (χ0) is 25.0. The molecular weight excluding hydrogens is 460 g/mol. The van der Waals surface area contributed by atoms with Crippen LogP contribution in [0.15, 0.2) is 77.9 Å². The van der Waals surface area contributed by atoms with E-state index in [9.17, 15) is 9.59 Å². The maximum absolute atomic E-state index is 13.5. The average molecular weight is 489 g/mol. The van der Waals surface area contributed by atoms with Crippen LogP contribution in [0.3, 0.4) is 0 Å². The SMILES string of the molecule is O=C1N(C/C=C/c2ccc3c(c2)CC2(C3)C(=O)Nc3ncccc32)C(c2ccccc2)=NC12CCCC2.